The number of Topliss-reactive ketones (excluding diaryl/α,β-unsaturated/α-hetero) is 2. The van der Waals surface area contributed by atoms with Crippen LogP contribution in [0.1, 0.15) is 65.7 Å². The summed E-state index contributed by atoms with van der Waals surface area (Å²) in [4.78, 5) is 37.4. The zero-order valence-electron chi connectivity index (χ0n) is 15.4. The van der Waals surface area contributed by atoms with Gasteiger partial charge in [0.05, 0.1) is 0 Å². The molecule has 0 spiro atoms. The van der Waals surface area contributed by atoms with Gasteiger partial charge in [0, 0.05) is 24.2 Å². The molecule has 25 heavy (non-hydrogen) atoms. The fourth-order valence-corrected chi connectivity index (χ4v) is 6.97. The summed E-state index contributed by atoms with van der Waals surface area (Å²) >= 11 is 0. The van der Waals surface area contributed by atoms with Crippen molar-refractivity contribution in [2.75, 3.05) is 0 Å². The lowest BCUT2D eigenvalue weighted by atomic mass is 9.46. The normalized spacial score (nSPS) is 49.1. The van der Waals surface area contributed by atoms with Gasteiger partial charge in [-0.05, 0) is 62.4 Å². The van der Waals surface area contributed by atoms with E-state index in [2.05, 4.69) is 6.92 Å². The lowest BCUT2D eigenvalue weighted by molar-refractivity contribution is -0.167. The largest absolute Gasteiger partial charge is 0.381 e. The van der Waals surface area contributed by atoms with E-state index in [1.165, 1.54) is 6.92 Å². The second-order valence-electron chi connectivity index (χ2n) is 9.36. The Morgan fingerprint density at radius 3 is 2.56 bits per heavy atom. The molecule has 0 aromatic carbocycles. The van der Waals surface area contributed by atoms with Crippen LogP contribution < -0.4 is 0 Å². The molecule has 0 aliphatic heterocycles. The number of aliphatic hydroxyl groups is 1. The lowest BCUT2D eigenvalue weighted by Crippen LogP contribution is -2.60. The average molecular weight is 344 g/mol. The molecule has 0 heterocycles. The van der Waals surface area contributed by atoms with Gasteiger partial charge >= 0.3 is 0 Å². The predicted octanol–water partition coefficient (Wildman–Crippen LogP) is 3.02. The third-order valence-corrected chi connectivity index (χ3v) is 8.39. The number of hydrogen-bond donors (Lipinski definition) is 1. The number of hydrogen-bond acceptors (Lipinski definition) is 4. The van der Waals surface area contributed by atoms with Crippen LogP contribution >= 0.6 is 0 Å². The Hall–Kier alpha value is -1.29. The van der Waals surface area contributed by atoms with Crippen molar-refractivity contribution in [2.24, 2.45) is 28.6 Å². The third-order valence-electron chi connectivity index (χ3n) is 8.39. The van der Waals surface area contributed by atoms with Crippen LogP contribution in [0.5, 0.6) is 0 Å². The SMILES string of the molecule is CC(=O)[C@@]1(O)CC[C@H]2[C@H]3CCC4=CC(=O)CC[C@]4(C)[C@H]3C(=O)C[C@@]21C. The molecule has 0 aromatic heterocycles. The fourth-order valence-electron chi connectivity index (χ4n) is 6.97. The van der Waals surface area contributed by atoms with Crippen molar-refractivity contribution in [3.63, 3.8) is 0 Å². The monoisotopic (exact) mass is 344 g/mol. The minimum atomic E-state index is -1.36. The van der Waals surface area contributed by atoms with E-state index in [1.54, 1.807) is 6.08 Å². The van der Waals surface area contributed by atoms with E-state index in [1.807, 2.05) is 6.92 Å². The maximum Gasteiger partial charge on any atom is 0.161 e. The molecule has 0 amide bonds. The molecule has 1 N–H and O–H groups in total. The van der Waals surface area contributed by atoms with Crippen LogP contribution in [-0.2, 0) is 14.4 Å². The van der Waals surface area contributed by atoms with Gasteiger partial charge in [-0.1, -0.05) is 19.4 Å². The van der Waals surface area contributed by atoms with Crippen LogP contribution in [0.2, 0.25) is 0 Å². The minimum absolute atomic E-state index is 0.0621. The zero-order chi connectivity index (χ0) is 18.2. The Morgan fingerprint density at radius 1 is 1.16 bits per heavy atom. The van der Waals surface area contributed by atoms with Gasteiger partial charge in [-0.25, -0.2) is 0 Å². The molecule has 0 radical (unpaired) electrons. The molecule has 4 heteroatoms. The Labute approximate surface area is 149 Å². The quantitative estimate of drug-likeness (QED) is 0.794. The van der Waals surface area contributed by atoms with Crippen molar-refractivity contribution in [2.45, 2.75) is 71.3 Å². The van der Waals surface area contributed by atoms with Gasteiger partial charge in [0.2, 0.25) is 0 Å². The standard InChI is InChI=1S/C21H28O4/c1-12(22)21(25)9-7-16-15-5-4-13-10-14(23)6-8-19(13,2)18(15)17(24)11-20(16,21)3/h10,15-16,18,25H,4-9,11H2,1-3H3/t15-,16+,18-,19+,20+,21+/m1/s1. The van der Waals surface area contributed by atoms with Crippen molar-refractivity contribution >= 4 is 17.3 Å². The second kappa shape index (κ2) is 5.12. The third kappa shape index (κ3) is 2.00. The molecule has 0 aromatic rings. The summed E-state index contributed by atoms with van der Waals surface area (Å²) in [6, 6.07) is 0. The van der Waals surface area contributed by atoms with Crippen LogP contribution in [0, 0.1) is 28.6 Å². The van der Waals surface area contributed by atoms with Gasteiger partial charge in [0.1, 0.15) is 11.4 Å². The smallest absolute Gasteiger partial charge is 0.161 e. The summed E-state index contributed by atoms with van der Waals surface area (Å²) in [5, 5.41) is 11.1. The first kappa shape index (κ1) is 17.1. The number of carbonyl (C=O) groups excluding carboxylic acids is 3. The van der Waals surface area contributed by atoms with Gasteiger partial charge in [-0.15, -0.1) is 0 Å². The number of allylic oxidation sites excluding steroid dienone is 1. The number of carbonyl (C=O) groups is 3. The maximum atomic E-state index is 13.3. The van der Waals surface area contributed by atoms with E-state index in [4.69, 9.17) is 0 Å². The van der Waals surface area contributed by atoms with Gasteiger partial charge < -0.3 is 5.11 Å². The van der Waals surface area contributed by atoms with Crippen molar-refractivity contribution in [1.29, 1.82) is 0 Å². The fraction of sp³-hybridized carbons (Fsp3) is 0.762. The molecule has 0 saturated heterocycles. The first-order valence-corrected chi connectivity index (χ1v) is 9.63. The van der Waals surface area contributed by atoms with Crippen molar-refractivity contribution in [1.82, 2.24) is 0 Å². The summed E-state index contributed by atoms with van der Waals surface area (Å²) in [7, 11) is 0. The van der Waals surface area contributed by atoms with E-state index >= 15 is 0 Å². The molecule has 136 valence electrons. The second-order valence-corrected chi connectivity index (χ2v) is 9.36. The van der Waals surface area contributed by atoms with E-state index < -0.39 is 11.0 Å². The van der Waals surface area contributed by atoms with Gasteiger partial charge in [-0.3, -0.25) is 14.4 Å². The average Bonchev–Trinajstić information content (AvgIpc) is 2.80. The Kier molecular flexibility index (Phi) is 3.51. The summed E-state index contributed by atoms with van der Waals surface area (Å²) in [5.74, 6) is 0.538. The molecule has 4 aliphatic carbocycles. The zero-order valence-corrected chi connectivity index (χ0v) is 15.4. The van der Waals surface area contributed by atoms with Crippen LogP contribution in [0.25, 0.3) is 0 Å². The molecule has 4 aliphatic rings. The first-order valence-electron chi connectivity index (χ1n) is 9.63. The molecule has 3 fully saturated rings. The predicted molar refractivity (Wildman–Crippen MR) is 92.7 cm³/mol. The van der Waals surface area contributed by atoms with Crippen LogP contribution in [0.4, 0.5) is 0 Å². The van der Waals surface area contributed by atoms with Crippen LogP contribution in [-0.4, -0.2) is 28.1 Å². The van der Waals surface area contributed by atoms with Crippen molar-refractivity contribution in [3.8, 4) is 0 Å². The maximum absolute atomic E-state index is 13.3. The summed E-state index contributed by atoms with van der Waals surface area (Å²) in [5.41, 5.74) is -1.06. The van der Waals surface area contributed by atoms with E-state index in [-0.39, 0.29) is 46.9 Å². The molecular weight excluding hydrogens is 316 g/mol. The topological polar surface area (TPSA) is 71.4 Å². The number of fused-ring (bicyclic) bond motifs is 5. The highest BCUT2D eigenvalue weighted by atomic mass is 16.3. The minimum Gasteiger partial charge on any atom is -0.381 e. The highest BCUT2D eigenvalue weighted by Crippen LogP contribution is 2.66. The molecule has 0 bridgehead atoms. The molecule has 0 unspecified atom stereocenters. The van der Waals surface area contributed by atoms with E-state index in [0.29, 0.717) is 12.8 Å². The molecule has 4 nitrogen and oxygen atoms in total. The van der Waals surface area contributed by atoms with Gasteiger partial charge in [-0.2, -0.15) is 0 Å². The Morgan fingerprint density at radius 2 is 1.88 bits per heavy atom. The number of rotatable bonds is 1. The Balaban J connectivity index is 1.77. The highest BCUT2D eigenvalue weighted by molar-refractivity contribution is 5.94. The lowest BCUT2D eigenvalue weighted by Gasteiger charge is -2.57. The summed E-state index contributed by atoms with van der Waals surface area (Å²) in [6.45, 7) is 5.58. The molecule has 6 atom stereocenters. The van der Waals surface area contributed by atoms with Crippen molar-refractivity contribution in [3.05, 3.63) is 11.6 Å². The van der Waals surface area contributed by atoms with Gasteiger partial charge in [0.15, 0.2) is 11.6 Å². The van der Waals surface area contributed by atoms with E-state index in [9.17, 15) is 19.5 Å². The van der Waals surface area contributed by atoms with E-state index in [0.717, 1.165) is 31.3 Å². The van der Waals surface area contributed by atoms with Crippen molar-refractivity contribution < 1.29 is 19.5 Å². The highest BCUT2D eigenvalue weighted by Gasteiger charge is 2.67. The first-order chi connectivity index (χ1) is 11.6. The Bertz CT molecular complexity index is 707. The van der Waals surface area contributed by atoms with Gasteiger partial charge in [0.25, 0.3) is 0 Å². The molecule has 3 saturated carbocycles. The molecular formula is C21H28O4. The number of ketones is 3. The summed E-state index contributed by atoms with van der Waals surface area (Å²) in [6.07, 6.45) is 6.39. The van der Waals surface area contributed by atoms with Crippen LogP contribution in [0.3, 0.4) is 0 Å². The summed E-state index contributed by atoms with van der Waals surface area (Å²) < 4.78 is 0. The molecule has 4 rings (SSSR count). The van der Waals surface area contributed by atoms with Crippen LogP contribution in [0.15, 0.2) is 11.6 Å².